The lowest BCUT2D eigenvalue weighted by molar-refractivity contribution is 0.528. The fourth-order valence-corrected chi connectivity index (χ4v) is 2.15. The van der Waals surface area contributed by atoms with Gasteiger partial charge in [-0.2, -0.15) is 5.10 Å². The first-order chi connectivity index (χ1) is 9.63. The molecule has 0 radical (unpaired) electrons. The lowest BCUT2D eigenvalue weighted by atomic mass is 10.0. The normalized spacial score (nSPS) is 12.6. The molecular formula is C16H24N4. The summed E-state index contributed by atoms with van der Waals surface area (Å²) in [5.41, 5.74) is 2.42. The van der Waals surface area contributed by atoms with Gasteiger partial charge in [-0.3, -0.25) is 0 Å². The van der Waals surface area contributed by atoms with Crippen LogP contribution < -0.4 is 5.32 Å². The molecule has 1 N–H and O–H groups in total. The third-order valence-electron chi connectivity index (χ3n) is 3.36. The van der Waals surface area contributed by atoms with Crippen molar-refractivity contribution in [3.05, 3.63) is 42.5 Å². The van der Waals surface area contributed by atoms with E-state index in [0.29, 0.717) is 6.04 Å². The summed E-state index contributed by atoms with van der Waals surface area (Å²) >= 11 is 0. The number of aromatic nitrogens is 3. The summed E-state index contributed by atoms with van der Waals surface area (Å²) in [6.45, 7) is 7.55. The third kappa shape index (κ3) is 4.68. The van der Waals surface area contributed by atoms with Crippen LogP contribution in [0.15, 0.2) is 36.9 Å². The Hall–Kier alpha value is -1.84. The minimum atomic E-state index is 0.513. The molecule has 1 atom stereocenters. The maximum Gasteiger partial charge on any atom is 0.137 e. The largest absolute Gasteiger partial charge is 0.383 e. The van der Waals surface area contributed by atoms with E-state index >= 15 is 0 Å². The van der Waals surface area contributed by atoms with E-state index in [-0.39, 0.29) is 0 Å². The van der Waals surface area contributed by atoms with Crippen molar-refractivity contribution < 1.29 is 0 Å². The fraction of sp³-hybridized carbons (Fsp3) is 0.500. The maximum atomic E-state index is 4.11. The van der Waals surface area contributed by atoms with Crippen LogP contribution in [0.3, 0.4) is 0 Å². The smallest absolute Gasteiger partial charge is 0.137 e. The van der Waals surface area contributed by atoms with E-state index in [9.17, 15) is 0 Å². The lowest BCUT2D eigenvalue weighted by Gasteiger charge is -2.16. The van der Waals surface area contributed by atoms with Crippen LogP contribution in [0.1, 0.15) is 39.2 Å². The summed E-state index contributed by atoms with van der Waals surface area (Å²) in [6.07, 6.45) is 5.77. The third-order valence-corrected chi connectivity index (χ3v) is 3.36. The Morgan fingerprint density at radius 1 is 1.10 bits per heavy atom. The van der Waals surface area contributed by atoms with Crippen molar-refractivity contribution in [3.8, 4) is 0 Å². The van der Waals surface area contributed by atoms with Gasteiger partial charge in [0.1, 0.15) is 12.7 Å². The van der Waals surface area contributed by atoms with Gasteiger partial charge in [0, 0.05) is 11.7 Å². The molecule has 4 nitrogen and oxygen atoms in total. The molecule has 4 heteroatoms. The van der Waals surface area contributed by atoms with Crippen molar-refractivity contribution in [1.29, 1.82) is 0 Å². The molecule has 0 spiro atoms. The molecule has 108 valence electrons. The van der Waals surface area contributed by atoms with E-state index in [0.717, 1.165) is 12.5 Å². The van der Waals surface area contributed by atoms with Crippen molar-refractivity contribution in [1.82, 2.24) is 14.8 Å². The Labute approximate surface area is 121 Å². The first-order valence-electron chi connectivity index (χ1n) is 7.31. The average Bonchev–Trinajstić information content (AvgIpc) is 2.92. The summed E-state index contributed by atoms with van der Waals surface area (Å²) in [5.74, 6) is 0.768. The van der Waals surface area contributed by atoms with Gasteiger partial charge in [0.05, 0.1) is 6.54 Å². The topological polar surface area (TPSA) is 42.7 Å². The van der Waals surface area contributed by atoms with E-state index in [1.807, 2.05) is 4.68 Å². The number of anilines is 1. The molecule has 0 amide bonds. The van der Waals surface area contributed by atoms with Gasteiger partial charge in [0.2, 0.25) is 0 Å². The van der Waals surface area contributed by atoms with Gasteiger partial charge in [0.15, 0.2) is 0 Å². The Morgan fingerprint density at radius 3 is 2.45 bits per heavy atom. The second-order valence-corrected chi connectivity index (χ2v) is 5.81. The van der Waals surface area contributed by atoms with E-state index in [4.69, 9.17) is 0 Å². The van der Waals surface area contributed by atoms with Gasteiger partial charge in [-0.15, -0.1) is 0 Å². The predicted molar refractivity (Wildman–Crippen MR) is 82.7 cm³/mol. The summed E-state index contributed by atoms with van der Waals surface area (Å²) in [7, 11) is 0. The highest BCUT2D eigenvalue weighted by molar-refractivity contribution is 5.45. The summed E-state index contributed by atoms with van der Waals surface area (Å²) < 4.78 is 1.83. The molecular weight excluding hydrogens is 248 g/mol. The molecule has 1 unspecified atom stereocenters. The van der Waals surface area contributed by atoms with Gasteiger partial charge in [-0.1, -0.05) is 26.0 Å². The second kappa shape index (κ2) is 7.08. The Kier molecular flexibility index (Phi) is 5.16. The zero-order valence-electron chi connectivity index (χ0n) is 12.6. The predicted octanol–water partition coefficient (Wildman–Crippen LogP) is 3.56. The molecule has 1 heterocycles. The number of nitrogens with one attached hydrogen (secondary N) is 1. The van der Waals surface area contributed by atoms with E-state index in [2.05, 4.69) is 60.4 Å². The quantitative estimate of drug-likeness (QED) is 0.838. The Morgan fingerprint density at radius 2 is 1.85 bits per heavy atom. The van der Waals surface area contributed by atoms with Crippen LogP contribution in [-0.2, 0) is 6.54 Å². The van der Waals surface area contributed by atoms with Crippen molar-refractivity contribution in [2.24, 2.45) is 5.92 Å². The number of nitrogens with zero attached hydrogens (tertiary/aromatic N) is 3. The van der Waals surface area contributed by atoms with E-state index < -0.39 is 0 Å². The lowest BCUT2D eigenvalue weighted by Crippen LogP contribution is -2.15. The van der Waals surface area contributed by atoms with Gasteiger partial charge in [0.25, 0.3) is 0 Å². The SMILES string of the molecule is CC(C)CCC(C)Nc1ccc(Cn2cncn2)cc1. The number of rotatable bonds is 7. The highest BCUT2D eigenvalue weighted by atomic mass is 15.3. The molecule has 20 heavy (non-hydrogen) atoms. The minimum absolute atomic E-state index is 0.513. The highest BCUT2D eigenvalue weighted by Gasteiger charge is 2.04. The Balaban J connectivity index is 1.85. The number of benzene rings is 1. The van der Waals surface area contributed by atoms with Crippen molar-refractivity contribution in [2.75, 3.05) is 5.32 Å². The summed E-state index contributed by atoms with van der Waals surface area (Å²) in [6, 6.07) is 9.06. The van der Waals surface area contributed by atoms with Gasteiger partial charge in [-0.25, -0.2) is 9.67 Å². The van der Waals surface area contributed by atoms with Crippen molar-refractivity contribution in [2.45, 2.75) is 46.2 Å². The maximum absolute atomic E-state index is 4.11. The molecule has 0 fully saturated rings. The molecule has 2 rings (SSSR count). The van der Waals surface area contributed by atoms with Gasteiger partial charge in [-0.05, 0) is 43.4 Å². The molecule has 0 aliphatic rings. The zero-order chi connectivity index (χ0) is 14.4. The summed E-state index contributed by atoms with van der Waals surface area (Å²) in [5, 5.41) is 7.66. The van der Waals surface area contributed by atoms with Crippen LogP contribution >= 0.6 is 0 Å². The van der Waals surface area contributed by atoms with E-state index in [1.165, 1.54) is 24.1 Å². The molecule has 0 saturated carbocycles. The van der Waals surface area contributed by atoms with E-state index in [1.54, 1.807) is 12.7 Å². The first-order valence-corrected chi connectivity index (χ1v) is 7.31. The van der Waals surface area contributed by atoms with Gasteiger partial charge >= 0.3 is 0 Å². The highest BCUT2D eigenvalue weighted by Crippen LogP contribution is 2.14. The number of hydrogen-bond acceptors (Lipinski definition) is 3. The zero-order valence-corrected chi connectivity index (χ0v) is 12.6. The fourth-order valence-electron chi connectivity index (χ4n) is 2.15. The molecule has 0 bridgehead atoms. The molecule has 1 aromatic heterocycles. The molecule has 0 saturated heterocycles. The Bertz CT molecular complexity index is 488. The second-order valence-electron chi connectivity index (χ2n) is 5.81. The van der Waals surface area contributed by atoms with Crippen molar-refractivity contribution in [3.63, 3.8) is 0 Å². The van der Waals surface area contributed by atoms with Crippen LogP contribution in [-0.4, -0.2) is 20.8 Å². The van der Waals surface area contributed by atoms with Crippen molar-refractivity contribution >= 4 is 5.69 Å². The molecule has 0 aliphatic carbocycles. The molecule has 0 aliphatic heterocycles. The standard InChI is InChI=1S/C16H24N4/c1-13(2)4-5-14(3)19-16-8-6-15(7-9-16)10-20-12-17-11-18-20/h6-9,11-14,19H,4-5,10H2,1-3H3. The average molecular weight is 272 g/mol. The number of hydrogen-bond donors (Lipinski definition) is 1. The molecule has 1 aromatic carbocycles. The van der Waals surface area contributed by atoms with Crippen LogP contribution in [0.4, 0.5) is 5.69 Å². The minimum Gasteiger partial charge on any atom is -0.383 e. The molecule has 2 aromatic rings. The first kappa shape index (κ1) is 14.6. The summed E-state index contributed by atoms with van der Waals surface area (Å²) in [4.78, 5) is 3.95. The van der Waals surface area contributed by atoms with Crippen LogP contribution in [0.5, 0.6) is 0 Å². The van der Waals surface area contributed by atoms with Crippen LogP contribution in [0.2, 0.25) is 0 Å². The van der Waals surface area contributed by atoms with Crippen LogP contribution in [0, 0.1) is 5.92 Å². The van der Waals surface area contributed by atoms with Gasteiger partial charge < -0.3 is 5.32 Å². The monoisotopic (exact) mass is 272 g/mol. The van der Waals surface area contributed by atoms with Crippen LogP contribution in [0.25, 0.3) is 0 Å².